The lowest BCUT2D eigenvalue weighted by Gasteiger charge is -2.20. The van der Waals surface area contributed by atoms with Crippen molar-refractivity contribution in [2.75, 3.05) is 11.1 Å². The van der Waals surface area contributed by atoms with Gasteiger partial charge >= 0.3 is 0 Å². The van der Waals surface area contributed by atoms with Crippen LogP contribution in [0.4, 0.5) is 5.69 Å². The smallest absolute Gasteiger partial charge is 0.234 e. The molecule has 24 heavy (non-hydrogen) atoms. The second-order valence-electron chi connectivity index (χ2n) is 6.39. The number of thioether (sulfide) groups is 1. The monoisotopic (exact) mass is 344 g/mol. The molecule has 0 spiro atoms. The van der Waals surface area contributed by atoms with Crippen LogP contribution in [0.5, 0.6) is 0 Å². The van der Waals surface area contributed by atoms with Crippen LogP contribution in [0.25, 0.3) is 0 Å². The van der Waals surface area contributed by atoms with Gasteiger partial charge in [0.1, 0.15) is 5.82 Å². The Labute approximate surface area is 147 Å². The largest absolute Gasteiger partial charge is 0.325 e. The molecule has 0 bridgehead atoms. The highest BCUT2D eigenvalue weighted by atomic mass is 32.2. The number of nitrogens with one attached hydrogen (secondary N) is 1. The van der Waals surface area contributed by atoms with Crippen molar-refractivity contribution < 1.29 is 4.79 Å². The van der Waals surface area contributed by atoms with E-state index >= 15 is 0 Å². The lowest BCUT2D eigenvalue weighted by Crippen LogP contribution is -2.15. The van der Waals surface area contributed by atoms with E-state index in [0.29, 0.717) is 11.7 Å². The molecule has 0 saturated heterocycles. The van der Waals surface area contributed by atoms with E-state index in [9.17, 15) is 4.79 Å². The second-order valence-corrected chi connectivity index (χ2v) is 7.33. The number of aromatic nitrogens is 3. The number of rotatable bonds is 5. The van der Waals surface area contributed by atoms with E-state index in [1.165, 1.54) is 43.9 Å². The number of nitrogens with zero attached hydrogens (tertiary/aromatic N) is 3. The first-order valence-electron chi connectivity index (χ1n) is 8.52. The molecule has 128 valence electrons. The van der Waals surface area contributed by atoms with Crippen LogP contribution in [0.2, 0.25) is 0 Å². The summed E-state index contributed by atoms with van der Waals surface area (Å²) < 4.78 is 2.06. The molecule has 0 radical (unpaired) electrons. The third-order valence-electron chi connectivity index (χ3n) is 4.59. The van der Waals surface area contributed by atoms with Crippen LogP contribution >= 0.6 is 11.8 Å². The van der Waals surface area contributed by atoms with E-state index in [-0.39, 0.29) is 5.91 Å². The first-order chi connectivity index (χ1) is 11.6. The summed E-state index contributed by atoms with van der Waals surface area (Å²) in [4.78, 5) is 12.2. The molecule has 1 aliphatic carbocycles. The molecule has 1 aromatic heterocycles. The number of amides is 1. The van der Waals surface area contributed by atoms with Gasteiger partial charge in [-0.1, -0.05) is 49.2 Å². The Morgan fingerprint density at radius 2 is 2.00 bits per heavy atom. The van der Waals surface area contributed by atoms with Crippen LogP contribution < -0.4 is 5.32 Å². The Morgan fingerprint density at radius 1 is 1.25 bits per heavy atom. The fourth-order valence-corrected chi connectivity index (χ4v) is 3.92. The summed E-state index contributed by atoms with van der Waals surface area (Å²) in [6, 6.07) is 7.80. The minimum atomic E-state index is -0.0171. The molecule has 1 fully saturated rings. The Kier molecular flexibility index (Phi) is 5.56. The van der Waals surface area contributed by atoms with Crippen LogP contribution in [-0.4, -0.2) is 26.4 Å². The highest BCUT2D eigenvalue weighted by Crippen LogP contribution is 2.32. The molecule has 0 unspecified atom stereocenters. The third-order valence-corrected chi connectivity index (χ3v) is 5.61. The lowest BCUT2D eigenvalue weighted by atomic mass is 9.89. The van der Waals surface area contributed by atoms with E-state index < -0.39 is 0 Å². The molecule has 5 nitrogen and oxygen atoms in total. The van der Waals surface area contributed by atoms with Crippen molar-refractivity contribution in [3.8, 4) is 0 Å². The molecule has 1 N–H and O–H groups in total. The van der Waals surface area contributed by atoms with Gasteiger partial charge in [-0.15, -0.1) is 10.2 Å². The maximum Gasteiger partial charge on any atom is 0.234 e. The summed E-state index contributed by atoms with van der Waals surface area (Å²) in [6.45, 7) is 1.99. The van der Waals surface area contributed by atoms with Gasteiger partial charge in [0.05, 0.1) is 5.75 Å². The van der Waals surface area contributed by atoms with Gasteiger partial charge in [0.25, 0.3) is 0 Å². The van der Waals surface area contributed by atoms with Crippen molar-refractivity contribution in [1.82, 2.24) is 14.8 Å². The topological polar surface area (TPSA) is 59.8 Å². The molecule has 1 heterocycles. The number of carbonyl (C=O) groups is 1. The predicted molar refractivity (Wildman–Crippen MR) is 97.4 cm³/mol. The number of para-hydroxylation sites is 1. The quantitative estimate of drug-likeness (QED) is 0.836. The number of hydrogen-bond donors (Lipinski definition) is 1. The molecule has 1 saturated carbocycles. The van der Waals surface area contributed by atoms with Gasteiger partial charge in [-0.25, -0.2) is 0 Å². The summed E-state index contributed by atoms with van der Waals surface area (Å²) >= 11 is 1.44. The van der Waals surface area contributed by atoms with Crippen molar-refractivity contribution in [3.05, 3.63) is 35.7 Å². The standard InChI is InChI=1S/C18H24N4OS/c1-13-8-6-7-11-15(13)19-16(23)12-24-18-21-20-17(22(18)2)14-9-4-3-5-10-14/h6-8,11,14H,3-5,9-10,12H2,1-2H3,(H,19,23). The van der Waals surface area contributed by atoms with Gasteiger partial charge < -0.3 is 9.88 Å². The summed E-state index contributed by atoms with van der Waals surface area (Å²) in [5, 5.41) is 12.4. The van der Waals surface area contributed by atoms with Crippen LogP contribution in [0.3, 0.4) is 0 Å². The van der Waals surface area contributed by atoms with Gasteiger partial charge in [-0.2, -0.15) is 0 Å². The summed E-state index contributed by atoms with van der Waals surface area (Å²) in [7, 11) is 2.01. The number of benzene rings is 1. The summed E-state index contributed by atoms with van der Waals surface area (Å²) in [6.07, 6.45) is 6.28. The molecule has 1 aromatic carbocycles. The molecule has 3 rings (SSSR count). The first kappa shape index (κ1) is 17.0. The van der Waals surface area contributed by atoms with E-state index in [0.717, 1.165) is 22.2 Å². The minimum absolute atomic E-state index is 0.0171. The zero-order valence-corrected chi connectivity index (χ0v) is 15.1. The zero-order valence-electron chi connectivity index (χ0n) is 14.3. The van der Waals surface area contributed by atoms with Gasteiger partial charge in [0, 0.05) is 18.7 Å². The number of aryl methyl sites for hydroxylation is 1. The van der Waals surface area contributed by atoms with Crippen LogP contribution in [0.15, 0.2) is 29.4 Å². The summed E-state index contributed by atoms with van der Waals surface area (Å²) in [5.74, 6) is 1.91. The number of anilines is 1. The number of carbonyl (C=O) groups excluding carboxylic acids is 1. The maximum atomic E-state index is 12.2. The van der Waals surface area contributed by atoms with Gasteiger partial charge in [0.2, 0.25) is 5.91 Å². The van der Waals surface area contributed by atoms with Crippen molar-refractivity contribution in [2.45, 2.75) is 50.1 Å². The minimum Gasteiger partial charge on any atom is -0.325 e. The summed E-state index contributed by atoms with van der Waals surface area (Å²) in [5.41, 5.74) is 1.93. The van der Waals surface area contributed by atoms with Crippen molar-refractivity contribution >= 4 is 23.4 Å². The van der Waals surface area contributed by atoms with Crippen LogP contribution in [0, 0.1) is 6.92 Å². The Morgan fingerprint density at radius 3 is 2.75 bits per heavy atom. The second kappa shape index (κ2) is 7.83. The zero-order chi connectivity index (χ0) is 16.9. The van der Waals surface area contributed by atoms with Crippen molar-refractivity contribution in [3.63, 3.8) is 0 Å². The van der Waals surface area contributed by atoms with Crippen LogP contribution in [0.1, 0.15) is 49.4 Å². The fourth-order valence-electron chi connectivity index (χ4n) is 3.20. The molecular weight excluding hydrogens is 320 g/mol. The predicted octanol–water partition coefficient (Wildman–Crippen LogP) is 3.90. The van der Waals surface area contributed by atoms with Gasteiger partial charge in [-0.05, 0) is 31.4 Å². The van der Waals surface area contributed by atoms with Crippen molar-refractivity contribution in [2.24, 2.45) is 7.05 Å². The van der Waals surface area contributed by atoms with Crippen LogP contribution in [-0.2, 0) is 11.8 Å². The molecule has 6 heteroatoms. The lowest BCUT2D eigenvalue weighted by molar-refractivity contribution is -0.113. The Balaban J connectivity index is 1.57. The Bertz CT molecular complexity index is 707. The molecular formula is C18H24N4OS. The first-order valence-corrected chi connectivity index (χ1v) is 9.51. The third kappa shape index (κ3) is 3.98. The van der Waals surface area contributed by atoms with Gasteiger partial charge in [0.15, 0.2) is 5.16 Å². The van der Waals surface area contributed by atoms with E-state index in [1.807, 2.05) is 38.2 Å². The van der Waals surface area contributed by atoms with Gasteiger partial charge in [-0.3, -0.25) is 4.79 Å². The van der Waals surface area contributed by atoms with Crippen molar-refractivity contribution in [1.29, 1.82) is 0 Å². The highest BCUT2D eigenvalue weighted by molar-refractivity contribution is 7.99. The molecule has 1 aliphatic rings. The van der Waals surface area contributed by atoms with E-state index in [2.05, 4.69) is 20.1 Å². The Hall–Kier alpha value is -1.82. The average Bonchev–Trinajstić information content (AvgIpc) is 2.97. The molecule has 0 atom stereocenters. The maximum absolute atomic E-state index is 12.2. The number of hydrogen-bond acceptors (Lipinski definition) is 4. The SMILES string of the molecule is Cc1ccccc1NC(=O)CSc1nnc(C2CCCCC2)n1C. The van der Waals surface area contributed by atoms with E-state index in [1.54, 1.807) is 0 Å². The highest BCUT2D eigenvalue weighted by Gasteiger charge is 2.22. The molecule has 0 aliphatic heterocycles. The molecule has 1 amide bonds. The normalized spacial score (nSPS) is 15.4. The van der Waals surface area contributed by atoms with E-state index in [4.69, 9.17) is 0 Å². The molecule has 2 aromatic rings. The average molecular weight is 344 g/mol. The fraction of sp³-hybridized carbons (Fsp3) is 0.500.